The minimum absolute atomic E-state index is 0.152. The van der Waals surface area contributed by atoms with Crippen molar-refractivity contribution in [3.63, 3.8) is 0 Å². The van der Waals surface area contributed by atoms with E-state index in [0.29, 0.717) is 5.76 Å². The van der Waals surface area contributed by atoms with Crippen LogP contribution in [0, 0.1) is 0 Å². The third kappa shape index (κ3) is 4.89. The molecule has 134 valence electrons. The molecular weight excluding hydrogens is 350 g/mol. The Morgan fingerprint density at radius 3 is 2.69 bits per heavy atom. The number of nitrogens with one attached hydrogen (secondary N) is 1. The summed E-state index contributed by atoms with van der Waals surface area (Å²) in [7, 11) is 0. The molecule has 0 fully saturated rings. The van der Waals surface area contributed by atoms with Crippen LogP contribution in [0.1, 0.15) is 18.7 Å². The Labute approximate surface area is 155 Å². The first-order chi connectivity index (χ1) is 12.6. The summed E-state index contributed by atoms with van der Waals surface area (Å²) in [6.07, 6.45) is 1.54. The number of amides is 1. The summed E-state index contributed by atoms with van der Waals surface area (Å²) in [4.78, 5) is 24.7. The van der Waals surface area contributed by atoms with Crippen molar-refractivity contribution >= 4 is 34.4 Å². The van der Waals surface area contributed by atoms with E-state index in [1.807, 2.05) is 42.5 Å². The molecule has 0 radical (unpaired) electrons. The first-order valence-electron chi connectivity index (χ1n) is 8.22. The van der Waals surface area contributed by atoms with Gasteiger partial charge in [0.05, 0.1) is 18.1 Å². The Morgan fingerprint density at radius 1 is 1.12 bits per heavy atom. The molecule has 0 bridgehead atoms. The standard InChI is InChI=1S/C20H19NO4S/c1-14(18-7-4-10-24-18)21-19(22)12-25-20(23)13-26-17-9-8-15-5-2-3-6-16(15)11-17/h2-11,14H,12-13H2,1H3,(H,21,22)/t14-/m0/s1. The minimum atomic E-state index is -0.427. The molecule has 0 saturated carbocycles. The van der Waals surface area contributed by atoms with Gasteiger partial charge in [0.25, 0.3) is 5.91 Å². The maximum Gasteiger partial charge on any atom is 0.316 e. The molecule has 1 atom stereocenters. The van der Waals surface area contributed by atoms with Crippen molar-refractivity contribution in [2.45, 2.75) is 17.9 Å². The van der Waals surface area contributed by atoms with Crippen LogP contribution in [0.5, 0.6) is 0 Å². The van der Waals surface area contributed by atoms with E-state index in [0.717, 1.165) is 15.7 Å². The number of thioether (sulfide) groups is 1. The second-order valence-corrected chi connectivity index (χ2v) is 6.81. The summed E-state index contributed by atoms with van der Waals surface area (Å²) in [5.41, 5.74) is 0. The van der Waals surface area contributed by atoms with Crippen LogP contribution in [0.15, 0.2) is 70.2 Å². The Balaban J connectivity index is 1.42. The van der Waals surface area contributed by atoms with E-state index in [2.05, 4.69) is 5.32 Å². The van der Waals surface area contributed by atoms with Crippen LogP contribution in [0.3, 0.4) is 0 Å². The summed E-state index contributed by atoms with van der Waals surface area (Å²) in [5, 5.41) is 4.99. The molecule has 1 aromatic heterocycles. The zero-order valence-corrected chi connectivity index (χ0v) is 15.1. The molecule has 1 heterocycles. The molecule has 6 heteroatoms. The summed E-state index contributed by atoms with van der Waals surface area (Å²) >= 11 is 1.39. The van der Waals surface area contributed by atoms with E-state index in [9.17, 15) is 9.59 Å². The van der Waals surface area contributed by atoms with Crippen molar-refractivity contribution in [1.82, 2.24) is 5.32 Å². The number of carbonyl (C=O) groups is 2. The van der Waals surface area contributed by atoms with Gasteiger partial charge in [-0.3, -0.25) is 9.59 Å². The number of hydrogen-bond acceptors (Lipinski definition) is 5. The number of rotatable bonds is 7. The van der Waals surface area contributed by atoms with Gasteiger partial charge in [-0.15, -0.1) is 11.8 Å². The molecule has 0 unspecified atom stereocenters. The van der Waals surface area contributed by atoms with E-state index in [1.165, 1.54) is 11.8 Å². The number of benzene rings is 2. The highest BCUT2D eigenvalue weighted by Crippen LogP contribution is 2.23. The first-order valence-corrected chi connectivity index (χ1v) is 9.20. The molecule has 0 aliphatic rings. The van der Waals surface area contributed by atoms with Crippen LogP contribution in [-0.4, -0.2) is 24.2 Å². The van der Waals surface area contributed by atoms with Crippen LogP contribution in [0.2, 0.25) is 0 Å². The van der Waals surface area contributed by atoms with Crippen molar-refractivity contribution in [3.8, 4) is 0 Å². The SMILES string of the molecule is C[C@H](NC(=O)COC(=O)CSc1ccc2ccccc2c1)c1ccco1. The van der Waals surface area contributed by atoms with Crippen molar-refractivity contribution < 1.29 is 18.7 Å². The lowest BCUT2D eigenvalue weighted by Crippen LogP contribution is -2.31. The highest BCUT2D eigenvalue weighted by atomic mass is 32.2. The molecule has 0 aliphatic carbocycles. The number of ether oxygens (including phenoxy) is 1. The third-order valence-corrected chi connectivity index (χ3v) is 4.76. The third-order valence-electron chi connectivity index (χ3n) is 3.79. The van der Waals surface area contributed by atoms with E-state index >= 15 is 0 Å². The van der Waals surface area contributed by atoms with Crippen molar-refractivity contribution in [1.29, 1.82) is 0 Å². The second kappa shape index (κ2) is 8.58. The van der Waals surface area contributed by atoms with Crippen molar-refractivity contribution in [2.24, 2.45) is 0 Å². The topological polar surface area (TPSA) is 68.5 Å². The lowest BCUT2D eigenvalue weighted by atomic mass is 10.1. The number of esters is 1. The van der Waals surface area contributed by atoms with Crippen LogP contribution in [-0.2, 0) is 14.3 Å². The first kappa shape index (κ1) is 18.1. The van der Waals surface area contributed by atoms with E-state index in [-0.39, 0.29) is 24.3 Å². The number of hydrogen-bond donors (Lipinski definition) is 1. The minimum Gasteiger partial charge on any atom is -0.467 e. The lowest BCUT2D eigenvalue weighted by molar-refractivity contribution is -0.146. The van der Waals surface area contributed by atoms with Gasteiger partial charge in [0.15, 0.2) is 6.61 Å². The van der Waals surface area contributed by atoms with Gasteiger partial charge in [0.2, 0.25) is 0 Å². The van der Waals surface area contributed by atoms with Gasteiger partial charge in [0, 0.05) is 4.90 Å². The van der Waals surface area contributed by atoms with Gasteiger partial charge < -0.3 is 14.5 Å². The molecule has 3 aromatic rings. The molecule has 0 spiro atoms. The zero-order chi connectivity index (χ0) is 18.4. The Bertz CT molecular complexity index is 892. The second-order valence-electron chi connectivity index (χ2n) is 5.76. The average molecular weight is 369 g/mol. The molecule has 2 aromatic carbocycles. The van der Waals surface area contributed by atoms with Crippen molar-refractivity contribution in [3.05, 3.63) is 66.6 Å². The predicted molar refractivity (Wildman–Crippen MR) is 101 cm³/mol. The molecule has 26 heavy (non-hydrogen) atoms. The monoisotopic (exact) mass is 369 g/mol. The van der Waals surface area contributed by atoms with Gasteiger partial charge in [-0.1, -0.05) is 30.3 Å². The Hall–Kier alpha value is -2.73. The molecule has 3 rings (SSSR count). The maximum absolute atomic E-state index is 11.9. The summed E-state index contributed by atoms with van der Waals surface area (Å²) in [5.74, 6) is 0.0118. The Kier molecular flexibility index (Phi) is 5.96. The number of carbonyl (C=O) groups excluding carboxylic acids is 2. The molecule has 0 aliphatic heterocycles. The lowest BCUT2D eigenvalue weighted by Gasteiger charge is -2.11. The fourth-order valence-corrected chi connectivity index (χ4v) is 3.22. The fraction of sp³-hybridized carbons (Fsp3) is 0.200. The maximum atomic E-state index is 11.9. The molecule has 1 amide bonds. The van der Waals surface area contributed by atoms with Gasteiger partial charge in [0.1, 0.15) is 5.76 Å². The van der Waals surface area contributed by atoms with Crippen LogP contribution in [0.25, 0.3) is 10.8 Å². The molecule has 0 saturated heterocycles. The summed E-state index contributed by atoms with van der Waals surface area (Å²) < 4.78 is 10.2. The summed E-state index contributed by atoms with van der Waals surface area (Å²) in [6, 6.07) is 17.3. The highest BCUT2D eigenvalue weighted by molar-refractivity contribution is 8.00. The van der Waals surface area contributed by atoms with Crippen molar-refractivity contribution in [2.75, 3.05) is 12.4 Å². The highest BCUT2D eigenvalue weighted by Gasteiger charge is 2.13. The predicted octanol–water partition coefficient (Wildman–Crippen LogP) is 3.95. The quantitative estimate of drug-likeness (QED) is 0.505. The van der Waals surface area contributed by atoms with Crippen LogP contribution < -0.4 is 5.32 Å². The molecule has 5 nitrogen and oxygen atoms in total. The van der Waals surface area contributed by atoms with Gasteiger partial charge in [-0.25, -0.2) is 0 Å². The van der Waals surface area contributed by atoms with Gasteiger partial charge in [-0.2, -0.15) is 0 Å². The molecule has 1 N–H and O–H groups in total. The van der Waals surface area contributed by atoms with Crippen LogP contribution in [0.4, 0.5) is 0 Å². The molecular formula is C20H19NO4S. The number of fused-ring (bicyclic) bond motifs is 1. The normalized spacial score (nSPS) is 11.9. The van der Waals surface area contributed by atoms with Crippen LogP contribution >= 0.6 is 11.8 Å². The van der Waals surface area contributed by atoms with E-state index in [1.54, 1.807) is 25.3 Å². The van der Waals surface area contributed by atoms with E-state index in [4.69, 9.17) is 9.15 Å². The van der Waals surface area contributed by atoms with Gasteiger partial charge in [-0.05, 0) is 42.0 Å². The van der Waals surface area contributed by atoms with Gasteiger partial charge >= 0.3 is 5.97 Å². The van der Waals surface area contributed by atoms with E-state index < -0.39 is 5.97 Å². The smallest absolute Gasteiger partial charge is 0.316 e. The number of furan rings is 1. The fourth-order valence-electron chi connectivity index (χ4n) is 2.48. The zero-order valence-electron chi connectivity index (χ0n) is 14.3. The Morgan fingerprint density at radius 2 is 1.92 bits per heavy atom. The summed E-state index contributed by atoms with van der Waals surface area (Å²) in [6.45, 7) is 1.50. The largest absolute Gasteiger partial charge is 0.467 e. The average Bonchev–Trinajstić information content (AvgIpc) is 3.19.